The predicted octanol–water partition coefficient (Wildman–Crippen LogP) is 1.61. The van der Waals surface area contributed by atoms with E-state index in [0.717, 1.165) is 37.7 Å². The molecule has 0 radical (unpaired) electrons. The van der Waals surface area contributed by atoms with Crippen LogP contribution in [0, 0.1) is 0 Å². The third-order valence-electron chi connectivity index (χ3n) is 4.67. The summed E-state index contributed by atoms with van der Waals surface area (Å²) < 4.78 is 5.34. The molecule has 2 N–H and O–H groups in total. The number of nitrogens with zero attached hydrogens (tertiary/aromatic N) is 5. The first-order valence-corrected chi connectivity index (χ1v) is 10.4. The van der Waals surface area contributed by atoms with E-state index >= 15 is 0 Å². The first kappa shape index (κ1) is 22.0. The van der Waals surface area contributed by atoms with Gasteiger partial charge in [-0.3, -0.25) is 14.7 Å². The minimum absolute atomic E-state index is 0.0637. The highest BCUT2D eigenvalue weighted by Gasteiger charge is 2.21. The van der Waals surface area contributed by atoms with Crippen molar-refractivity contribution in [3.05, 3.63) is 35.2 Å². The van der Waals surface area contributed by atoms with Gasteiger partial charge < -0.3 is 20.1 Å². The van der Waals surface area contributed by atoms with Gasteiger partial charge in [-0.2, -0.15) is 4.98 Å². The van der Waals surface area contributed by atoms with Gasteiger partial charge in [0.25, 0.3) is 0 Å². The van der Waals surface area contributed by atoms with Crippen molar-refractivity contribution in [3.8, 4) is 11.4 Å². The monoisotopic (exact) mass is 433 g/mol. The first-order chi connectivity index (χ1) is 14.4. The number of hydrogen-bond acceptors (Lipinski definition) is 6. The van der Waals surface area contributed by atoms with Gasteiger partial charge in [0.1, 0.15) is 0 Å². The fourth-order valence-electron chi connectivity index (χ4n) is 3.22. The van der Waals surface area contributed by atoms with Crippen LogP contribution in [0.15, 0.2) is 33.8 Å². The van der Waals surface area contributed by atoms with Crippen molar-refractivity contribution in [2.75, 3.05) is 39.8 Å². The largest absolute Gasteiger partial charge is 0.353 e. The highest BCUT2D eigenvalue weighted by Crippen LogP contribution is 2.18. The Balaban J connectivity index is 1.48. The number of hydrogen-bond donors (Lipinski definition) is 2. The van der Waals surface area contributed by atoms with Gasteiger partial charge in [-0.25, -0.2) is 0 Å². The molecule has 9 nitrogen and oxygen atoms in total. The second kappa shape index (κ2) is 10.4. The number of aromatic nitrogens is 2. The Labute approximate surface area is 181 Å². The molecule has 0 bridgehead atoms. The third-order valence-corrected chi connectivity index (χ3v) is 4.92. The summed E-state index contributed by atoms with van der Waals surface area (Å²) >= 11 is 5.92. The summed E-state index contributed by atoms with van der Waals surface area (Å²) in [6.07, 6.45) is 0. The maximum atomic E-state index is 11.9. The van der Waals surface area contributed by atoms with Gasteiger partial charge in [-0.1, -0.05) is 16.8 Å². The molecular weight excluding hydrogens is 406 g/mol. The number of aliphatic imine (C=N–C) groups is 1. The Morgan fingerprint density at radius 2 is 1.93 bits per heavy atom. The predicted molar refractivity (Wildman–Crippen MR) is 116 cm³/mol. The summed E-state index contributed by atoms with van der Waals surface area (Å²) in [7, 11) is 1.75. The van der Waals surface area contributed by atoms with Crippen LogP contribution in [0.1, 0.15) is 19.7 Å². The summed E-state index contributed by atoms with van der Waals surface area (Å²) in [5.41, 5.74) is 0.844. The number of guanidine groups is 1. The molecule has 2 aromatic rings. The topological polar surface area (TPSA) is 98.9 Å². The Morgan fingerprint density at radius 1 is 1.23 bits per heavy atom. The molecule has 30 heavy (non-hydrogen) atoms. The van der Waals surface area contributed by atoms with E-state index in [0.29, 0.717) is 29.8 Å². The SMILES string of the molecule is CN=C(NCc1nc(-c2ccc(Cl)cc2)no1)N1CCN(CC(=O)NC(C)C)CC1. The van der Waals surface area contributed by atoms with Gasteiger partial charge in [0.15, 0.2) is 5.96 Å². The summed E-state index contributed by atoms with van der Waals surface area (Å²) in [5, 5.41) is 10.9. The number of carbonyl (C=O) groups is 1. The third kappa shape index (κ3) is 6.17. The van der Waals surface area contributed by atoms with Crippen molar-refractivity contribution in [1.82, 2.24) is 30.6 Å². The first-order valence-electron chi connectivity index (χ1n) is 10.0. The fourth-order valence-corrected chi connectivity index (χ4v) is 3.34. The molecule has 0 spiro atoms. The molecule has 3 rings (SSSR count). The van der Waals surface area contributed by atoms with E-state index < -0.39 is 0 Å². The molecule has 0 atom stereocenters. The Morgan fingerprint density at radius 3 is 2.57 bits per heavy atom. The van der Waals surface area contributed by atoms with Crippen LogP contribution >= 0.6 is 11.6 Å². The minimum Gasteiger partial charge on any atom is -0.353 e. The molecule has 0 saturated carbocycles. The number of halogens is 1. The zero-order valence-corrected chi connectivity index (χ0v) is 18.3. The van der Waals surface area contributed by atoms with Crippen LogP contribution in [-0.4, -0.2) is 77.6 Å². The second-order valence-corrected chi connectivity index (χ2v) is 7.84. The standard InChI is InChI=1S/C20H28ClN7O2/c1-14(2)24-17(29)13-27-8-10-28(11-9-27)20(22-3)23-12-18-25-19(26-30-18)15-4-6-16(21)7-5-15/h4-7,14H,8-13H2,1-3H3,(H,22,23)(H,24,29). The quantitative estimate of drug-likeness (QED) is 0.527. The second-order valence-electron chi connectivity index (χ2n) is 7.40. The van der Waals surface area contributed by atoms with Crippen LogP contribution in [0.2, 0.25) is 5.02 Å². The normalized spacial score (nSPS) is 15.5. The van der Waals surface area contributed by atoms with Crippen LogP contribution in [0.25, 0.3) is 11.4 Å². The Kier molecular flexibility index (Phi) is 7.64. The van der Waals surface area contributed by atoms with Crippen molar-refractivity contribution in [2.45, 2.75) is 26.4 Å². The molecule has 1 aromatic carbocycles. The smallest absolute Gasteiger partial charge is 0.246 e. The molecule has 0 unspecified atom stereocenters. The van der Waals surface area contributed by atoms with E-state index in [4.69, 9.17) is 16.1 Å². The Bertz CT molecular complexity index is 858. The lowest BCUT2D eigenvalue weighted by molar-refractivity contribution is -0.123. The molecule has 1 aliphatic heterocycles. The summed E-state index contributed by atoms with van der Waals surface area (Å²) in [5.74, 6) is 1.83. The number of benzene rings is 1. The van der Waals surface area contributed by atoms with Crippen molar-refractivity contribution in [3.63, 3.8) is 0 Å². The highest BCUT2D eigenvalue weighted by molar-refractivity contribution is 6.30. The number of rotatable bonds is 6. The lowest BCUT2D eigenvalue weighted by Crippen LogP contribution is -2.54. The van der Waals surface area contributed by atoms with Gasteiger partial charge >= 0.3 is 0 Å². The highest BCUT2D eigenvalue weighted by atomic mass is 35.5. The molecule has 0 aliphatic carbocycles. The molecule has 2 heterocycles. The molecule has 1 fully saturated rings. The zero-order valence-electron chi connectivity index (χ0n) is 17.6. The van der Waals surface area contributed by atoms with Crippen LogP contribution in [0.5, 0.6) is 0 Å². The van der Waals surface area contributed by atoms with E-state index in [1.807, 2.05) is 26.0 Å². The van der Waals surface area contributed by atoms with E-state index in [-0.39, 0.29) is 11.9 Å². The van der Waals surface area contributed by atoms with E-state index in [1.54, 1.807) is 19.2 Å². The lowest BCUT2D eigenvalue weighted by atomic mass is 10.2. The molecule has 1 aromatic heterocycles. The summed E-state index contributed by atoms with van der Waals surface area (Å²) in [6.45, 7) is 7.91. The number of amides is 1. The zero-order chi connectivity index (χ0) is 21.5. The van der Waals surface area contributed by atoms with Crippen LogP contribution in [0.4, 0.5) is 0 Å². The van der Waals surface area contributed by atoms with Crippen molar-refractivity contribution >= 4 is 23.5 Å². The number of piperazine rings is 1. The fraction of sp³-hybridized carbons (Fsp3) is 0.500. The number of carbonyl (C=O) groups excluding carboxylic acids is 1. The van der Waals surface area contributed by atoms with Crippen molar-refractivity contribution < 1.29 is 9.32 Å². The van der Waals surface area contributed by atoms with Gasteiger partial charge in [-0.05, 0) is 38.1 Å². The summed E-state index contributed by atoms with van der Waals surface area (Å²) in [4.78, 5) is 25.0. The van der Waals surface area contributed by atoms with Crippen molar-refractivity contribution in [2.24, 2.45) is 4.99 Å². The van der Waals surface area contributed by atoms with Crippen LogP contribution in [0.3, 0.4) is 0 Å². The summed E-state index contributed by atoms with van der Waals surface area (Å²) in [6, 6.07) is 7.44. The molecular formula is C20H28ClN7O2. The van der Waals surface area contributed by atoms with E-state index in [2.05, 4.69) is 35.6 Å². The Hall–Kier alpha value is -2.65. The molecule has 1 saturated heterocycles. The van der Waals surface area contributed by atoms with Crippen LogP contribution < -0.4 is 10.6 Å². The van der Waals surface area contributed by atoms with E-state index in [9.17, 15) is 4.79 Å². The van der Waals surface area contributed by atoms with Crippen LogP contribution in [-0.2, 0) is 11.3 Å². The van der Waals surface area contributed by atoms with E-state index in [1.165, 1.54) is 0 Å². The number of nitrogens with one attached hydrogen (secondary N) is 2. The molecule has 1 aliphatic rings. The minimum atomic E-state index is 0.0637. The molecule has 10 heteroatoms. The maximum absolute atomic E-state index is 11.9. The van der Waals surface area contributed by atoms with Gasteiger partial charge in [0, 0.05) is 49.9 Å². The lowest BCUT2D eigenvalue weighted by Gasteiger charge is -2.36. The van der Waals surface area contributed by atoms with Gasteiger partial charge in [0.2, 0.25) is 17.6 Å². The average molecular weight is 434 g/mol. The van der Waals surface area contributed by atoms with Gasteiger partial charge in [0.05, 0.1) is 13.1 Å². The average Bonchev–Trinajstić information content (AvgIpc) is 3.18. The van der Waals surface area contributed by atoms with Crippen molar-refractivity contribution in [1.29, 1.82) is 0 Å². The maximum Gasteiger partial charge on any atom is 0.246 e. The molecule has 1 amide bonds. The molecule has 162 valence electrons. The van der Waals surface area contributed by atoms with Gasteiger partial charge in [-0.15, -0.1) is 0 Å².